The van der Waals surface area contributed by atoms with Crippen LogP contribution in [0.15, 0.2) is 24.3 Å². The van der Waals surface area contributed by atoms with Crippen molar-refractivity contribution < 1.29 is 4.79 Å². The van der Waals surface area contributed by atoms with E-state index in [1.54, 1.807) is 0 Å². The minimum Gasteiger partial charge on any atom is -0.370 e. The third kappa shape index (κ3) is 1.86. The van der Waals surface area contributed by atoms with Gasteiger partial charge in [0.25, 0.3) is 0 Å². The van der Waals surface area contributed by atoms with E-state index in [4.69, 9.17) is 0 Å². The zero-order chi connectivity index (χ0) is 11.7. The second-order valence-electron chi connectivity index (χ2n) is 5.49. The minimum atomic E-state index is -0.0581. The van der Waals surface area contributed by atoms with E-state index in [1.807, 2.05) is 0 Å². The van der Waals surface area contributed by atoms with E-state index in [1.165, 1.54) is 30.4 Å². The van der Waals surface area contributed by atoms with Crippen LogP contribution in [0.4, 0.5) is 5.69 Å². The number of aldehydes is 1. The molecule has 2 aliphatic rings. The summed E-state index contributed by atoms with van der Waals surface area (Å²) in [5, 5.41) is 0. The predicted octanol–water partition coefficient (Wildman–Crippen LogP) is 2.81. The molecule has 0 atom stereocenters. The summed E-state index contributed by atoms with van der Waals surface area (Å²) in [4.78, 5) is 13.8. The lowest BCUT2D eigenvalue weighted by atomic mass is 9.87. The molecule has 0 radical (unpaired) electrons. The molecule has 1 aromatic carbocycles. The van der Waals surface area contributed by atoms with Gasteiger partial charge in [0.1, 0.15) is 6.29 Å². The number of rotatable bonds is 3. The Hall–Kier alpha value is -1.31. The molecule has 1 saturated carbocycles. The molecule has 0 unspecified atom stereocenters. The molecule has 0 saturated heterocycles. The van der Waals surface area contributed by atoms with Crippen molar-refractivity contribution in [3.63, 3.8) is 0 Å². The van der Waals surface area contributed by atoms with E-state index in [2.05, 4.69) is 29.2 Å². The van der Waals surface area contributed by atoms with E-state index < -0.39 is 0 Å². The van der Waals surface area contributed by atoms with E-state index in [0.29, 0.717) is 0 Å². The third-order valence-electron chi connectivity index (χ3n) is 4.34. The van der Waals surface area contributed by atoms with Gasteiger partial charge in [-0.1, -0.05) is 31.0 Å². The molecular formula is C15H19NO. The summed E-state index contributed by atoms with van der Waals surface area (Å²) in [7, 11) is 0. The van der Waals surface area contributed by atoms with Crippen LogP contribution in [0.25, 0.3) is 0 Å². The molecule has 0 aromatic heterocycles. The normalized spacial score (nSPS) is 21.5. The molecule has 1 heterocycles. The first-order valence-electron chi connectivity index (χ1n) is 6.62. The first-order chi connectivity index (χ1) is 8.33. The lowest BCUT2D eigenvalue weighted by Crippen LogP contribution is -2.36. The number of para-hydroxylation sites is 1. The Morgan fingerprint density at radius 3 is 2.76 bits per heavy atom. The third-order valence-corrected chi connectivity index (χ3v) is 4.34. The van der Waals surface area contributed by atoms with Gasteiger partial charge in [-0.25, -0.2) is 0 Å². The Bertz CT molecular complexity index is 421. The van der Waals surface area contributed by atoms with Crippen molar-refractivity contribution in [3.8, 4) is 0 Å². The number of nitrogens with zero attached hydrogens (tertiary/aromatic N) is 1. The van der Waals surface area contributed by atoms with E-state index in [0.717, 1.165) is 32.4 Å². The van der Waals surface area contributed by atoms with Crippen LogP contribution in [0.1, 0.15) is 31.2 Å². The molecular weight excluding hydrogens is 210 g/mol. The van der Waals surface area contributed by atoms with Crippen LogP contribution in [-0.4, -0.2) is 19.4 Å². The Labute approximate surface area is 103 Å². The van der Waals surface area contributed by atoms with Crippen LogP contribution in [-0.2, 0) is 11.2 Å². The van der Waals surface area contributed by atoms with Crippen LogP contribution in [0, 0.1) is 5.41 Å². The van der Waals surface area contributed by atoms with Gasteiger partial charge in [-0.2, -0.15) is 0 Å². The summed E-state index contributed by atoms with van der Waals surface area (Å²) >= 11 is 0. The van der Waals surface area contributed by atoms with Gasteiger partial charge in [0.2, 0.25) is 0 Å². The number of carbonyl (C=O) groups is 1. The van der Waals surface area contributed by atoms with Crippen molar-refractivity contribution in [2.45, 2.75) is 32.1 Å². The summed E-state index contributed by atoms with van der Waals surface area (Å²) in [5.41, 5.74) is 2.73. The molecule has 90 valence electrons. The van der Waals surface area contributed by atoms with Crippen LogP contribution < -0.4 is 4.90 Å². The Balaban J connectivity index is 1.81. The fraction of sp³-hybridized carbons (Fsp3) is 0.533. The Morgan fingerprint density at radius 2 is 2.00 bits per heavy atom. The zero-order valence-corrected chi connectivity index (χ0v) is 10.2. The quantitative estimate of drug-likeness (QED) is 0.743. The highest BCUT2D eigenvalue weighted by molar-refractivity contribution is 5.64. The van der Waals surface area contributed by atoms with Crippen LogP contribution in [0.2, 0.25) is 0 Å². The Kier molecular flexibility index (Phi) is 2.65. The first kappa shape index (κ1) is 10.8. The summed E-state index contributed by atoms with van der Waals surface area (Å²) < 4.78 is 0. The van der Waals surface area contributed by atoms with Crippen LogP contribution in [0.3, 0.4) is 0 Å². The van der Waals surface area contributed by atoms with Gasteiger partial charge in [0.15, 0.2) is 0 Å². The van der Waals surface area contributed by atoms with Crippen molar-refractivity contribution >= 4 is 12.0 Å². The lowest BCUT2D eigenvalue weighted by Gasteiger charge is -2.30. The summed E-state index contributed by atoms with van der Waals surface area (Å²) in [6.07, 6.45) is 6.94. The monoisotopic (exact) mass is 229 g/mol. The van der Waals surface area contributed by atoms with Gasteiger partial charge in [-0.3, -0.25) is 0 Å². The molecule has 1 aromatic rings. The standard InChI is InChI=1S/C15H19NO/c17-12-15(8-3-4-9-15)11-16-10-7-13-5-1-2-6-14(13)16/h1-2,5-6,12H,3-4,7-11H2. The molecule has 2 heteroatoms. The van der Waals surface area contributed by atoms with Crippen molar-refractivity contribution in [2.24, 2.45) is 5.41 Å². The van der Waals surface area contributed by atoms with Crippen molar-refractivity contribution in [1.29, 1.82) is 0 Å². The molecule has 1 aliphatic carbocycles. The van der Waals surface area contributed by atoms with Crippen molar-refractivity contribution in [3.05, 3.63) is 29.8 Å². The molecule has 0 spiro atoms. The van der Waals surface area contributed by atoms with Gasteiger partial charge in [-0.15, -0.1) is 0 Å². The van der Waals surface area contributed by atoms with Crippen molar-refractivity contribution in [2.75, 3.05) is 18.0 Å². The summed E-state index contributed by atoms with van der Waals surface area (Å²) in [6, 6.07) is 8.60. The van der Waals surface area contributed by atoms with Crippen molar-refractivity contribution in [1.82, 2.24) is 0 Å². The zero-order valence-electron chi connectivity index (χ0n) is 10.2. The fourth-order valence-corrected chi connectivity index (χ4v) is 3.34. The average Bonchev–Trinajstić information content (AvgIpc) is 2.99. The maximum absolute atomic E-state index is 11.4. The maximum Gasteiger partial charge on any atom is 0.127 e. The van der Waals surface area contributed by atoms with E-state index in [-0.39, 0.29) is 5.41 Å². The number of fused-ring (bicyclic) bond motifs is 1. The first-order valence-corrected chi connectivity index (χ1v) is 6.62. The maximum atomic E-state index is 11.4. The van der Waals surface area contributed by atoms with Gasteiger partial charge >= 0.3 is 0 Å². The SMILES string of the molecule is O=CC1(CN2CCc3ccccc32)CCCC1. The Morgan fingerprint density at radius 1 is 1.24 bits per heavy atom. The molecule has 17 heavy (non-hydrogen) atoms. The molecule has 1 fully saturated rings. The summed E-state index contributed by atoms with van der Waals surface area (Å²) in [5.74, 6) is 0. The largest absolute Gasteiger partial charge is 0.370 e. The van der Waals surface area contributed by atoms with Gasteiger partial charge in [-0.05, 0) is 30.9 Å². The summed E-state index contributed by atoms with van der Waals surface area (Å²) in [6.45, 7) is 2.00. The fourth-order valence-electron chi connectivity index (χ4n) is 3.34. The van der Waals surface area contributed by atoms with Gasteiger partial charge < -0.3 is 9.69 Å². The highest BCUT2D eigenvalue weighted by Crippen LogP contribution is 2.39. The molecule has 2 nitrogen and oxygen atoms in total. The van der Waals surface area contributed by atoms with Crippen LogP contribution in [0.5, 0.6) is 0 Å². The molecule has 3 rings (SSSR count). The highest BCUT2D eigenvalue weighted by atomic mass is 16.1. The second kappa shape index (κ2) is 4.17. The van der Waals surface area contributed by atoms with E-state index >= 15 is 0 Å². The highest BCUT2D eigenvalue weighted by Gasteiger charge is 2.36. The van der Waals surface area contributed by atoms with Gasteiger partial charge in [0.05, 0.1) is 0 Å². The number of hydrogen-bond acceptors (Lipinski definition) is 2. The molecule has 0 amide bonds. The molecule has 1 aliphatic heterocycles. The smallest absolute Gasteiger partial charge is 0.127 e. The number of carbonyl (C=O) groups excluding carboxylic acids is 1. The average molecular weight is 229 g/mol. The van der Waals surface area contributed by atoms with Crippen LogP contribution >= 0.6 is 0 Å². The molecule has 0 N–H and O–H groups in total. The number of hydrogen-bond donors (Lipinski definition) is 0. The second-order valence-corrected chi connectivity index (χ2v) is 5.49. The van der Waals surface area contributed by atoms with E-state index in [9.17, 15) is 4.79 Å². The topological polar surface area (TPSA) is 20.3 Å². The van der Waals surface area contributed by atoms with Gasteiger partial charge in [0, 0.05) is 24.2 Å². The molecule has 0 bridgehead atoms. The number of benzene rings is 1. The lowest BCUT2D eigenvalue weighted by molar-refractivity contribution is -0.115. The minimum absolute atomic E-state index is 0.0581. The number of anilines is 1. The predicted molar refractivity (Wildman–Crippen MR) is 69.3 cm³/mol.